The molecule has 0 spiro atoms. The Labute approximate surface area is 73.5 Å². The zero-order valence-corrected chi connectivity index (χ0v) is 7.68. The molecule has 0 bridgehead atoms. The molecule has 0 heterocycles. The summed E-state index contributed by atoms with van der Waals surface area (Å²) < 4.78 is 0.785. The number of nitrogen functional groups attached to an aromatic ring is 1. The third-order valence-electron chi connectivity index (χ3n) is 1.52. The standard InChI is InChI=1S/C8H8BrNO/c1-5-2-3-7(10)6(4-11)8(5)9/h2-4H,10H2,1H3. The smallest absolute Gasteiger partial charge is 0.153 e. The number of hydrogen-bond donors (Lipinski definition) is 1. The third-order valence-corrected chi connectivity index (χ3v) is 2.58. The molecule has 1 rings (SSSR count). The fraction of sp³-hybridized carbons (Fsp3) is 0.125. The second-order valence-corrected chi connectivity index (χ2v) is 3.11. The first-order chi connectivity index (χ1) is 5.16. The first kappa shape index (κ1) is 8.27. The fourth-order valence-electron chi connectivity index (χ4n) is 0.837. The first-order valence-corrected chi connectivity index (χ1v) is 3.96. The molecule has 1 aromatic carbocycles. The van der Waals surface area contributed by atoms with Crippen LogP contribution in [0.15, 0.2) is 16.6 Å². The van der Waals surface area contributed by atoms with Crippen LogP contribution in [0.5, 0.6) is 0 Å². The van der Waals surface area contributed by atoms with Crippen LogP contribution < -0.4 is 5.73 Å². The molecule has 0 atom stereocenters. The van der Waals surface area contributed by atoms with E-state index in [9.17, 15) is 4.79 Å². The van der Waals surface area contributed by atoms with Crippen molar-refractivity contribution >= 4 is 27.9 Å². The Morgan fingerprint density at radius 3 is 2.64 bits per heavy atom. The van der Waals surface area contributed by atoms with Gasteiger partial charge in [-0.3, -0.25) is 4.79 Å². The van der Waals surface area contributed by atoms with Gasteiger partial charge in [0.2, 0.25) is 0 Å². The highest BCUT2D eigenvalue weighted by molar-refractivity contribution is 9.10. The normalized spacial score (nSPS) is 9.64. The van der Waals surface area contributed by atoms with E-state index in [1.54, 1.807) is 6.07 Å². The lowest BCUT2D eigenvalue weighted by molar-refractivity contribution is 0.112. The molecule has 0 saturated heterocycles. The Morgan fingerprint density at radius 1 is 1.55 bits per heavy atom. The summed E-state index contributed by atoms with van der Waals surface area (Å²) in [5.74, 6) is 0. The molecule has 0 aliphatic heterocycles. The minimum atomic E-state index is 0.512. The van der Waals surface area contributed by atoms with Crippen molar-refractivity contribution in [3.63, 3.8) is 0 Å². The number of hydrogen-bond acceptors (Lipinski definition) is 2. The van der Waals surface area contributed by atoms with Crippen molar-refractivity contribution in [1.82, 2.24) is 0 Å². The predicted molar refractivity (Wildman–Crippen MR) is 48.7 cm³/mol. The maximum Gasteiger partial charge on any atom is 0.153 e. The van der Waals surface area contributed by atoms with E-state index in [0.717, 1.165) is 16.3 Å². The Morgan fingerprint density at radius 2 is 2.18 bits per heavy atom. The average Bonchev–Trinajstić information content (AvgIpc) is 1.99. The molecule has 0 saturated carbocycles. The fourth-order valence-corrected chi connectivity index (χ4v) is 1.29. The summed E-state index contributed by atoms with van der Waals surface area (Å²) in [5.41, 5.74) is 7.60. The van der Waals surface area contributed by atoms with Crippen molar-refractivity contribution in [3.8, 4) is 0 Å². The van der Waals surface area contributed by atoms with E-state index in [0.29, 0.717) is 11.3 Å². The van der Waals surface area contributed by atoms with Crippen LogP contribution >= 0.6 is 15.9 Å². The van der Waals surface area contributed by atoms with Gasteiger partial charge in [-0.05, 0) is 34.5 Å². The Hall–Kier alpha value is -0.830. The molecule has 0 aliphatic carbocycles. The zero-order valence-electron chi connectivity index (χ0n) is 6.10. The molecule has 0 amide bonds. The molecule has 0 aliphatic rings. The van der Waals surface area contributed by atoms with Crippen LogP contribution in [0.1, 0.15) is 15.9 Å². The lowest BCUT2D eigenvalue weighted by Crippen LogP contribution is -1.94. The topological polar surface area (TPSA) is 43.1 Å². The first-order valence-electron chi connectivity index (χ1n) is 3.16. The van der Waals surface area contributed by atoms with Gasteiger partial charge in [-0.25, -0.2) is 0 Å². The molecule has 0 radical (unpaired) electrons. The summed E-state index contributed by atoms with van der Waals surface area (Å²) in [6.07, 6.45) is 0.756. The molecule has 0 fully saturated rings. The van der Waals surface area contributed by atoms with Crippen LogP contribution in [0.2, 0.25) is 0 Å². The Bertz CT molecular complexity index is 296. The van der Waals surface area contributed by atoms with E-state index < -0.39 is 0 Å². The minimum Gasteiger partial charge on any atom is -0.398 e. The van der Waals surface area contributed by atoms with E-state index in [1.165, 1.54) is 0 Å². The second kappa shape index (κ2) is 3.05. The number of halogens is 1. The number of aryl methyl sites for hydroxylation is 1. The van der Waals surface area contributed by atoms with Gasteiger partial charge in [0.25, 0.3) is 0 Å². The number of carbonyl (C=O) groups excluding carboxylic acids is 1. The van der Waals surface area contributed by atoms with Gasteiger partial charge in [0, 0.05) is 10.2 Å². The van der Waals surface area contributed by atoms with E-state index >= 15 is 0 Å². The highest BCUT2D eigenvalue weighted by Crippen LogP contribution is 2.24. The molecule has 3 heteroatoms. The summed E-state index contributed by atoms with van der Waals surface area (Å²) in [6, 6.07) is 3.59. The van der Waals surface area contributed by atoms with Crippen LogP contribution in [0.3, 0.4) is 0 Å². The predicted octanol–water partition coefficient (Wildman–Crippen LogP) is 2.15. The lowest BCUT2D eigenvalue weighted by atomic mass is 10.1. The number of nitrogens with two attached hydrogens (primary N) is 1. The van der Waals surface area contributed by atoms with Crippen LogP contribution in [0.4, 0.5) is 5.69 Å². The van der Waals surface area contributed by atoms with Crippen molar-refractivity contribution in [1.29, 1.82) is 0 Å². The Kier molecular flexibility index (Phi) is 2.29. The summed E-state index contributed by atoms with van der Waals surface area (Å²) in [5, 5.41) is 0. The van der Waals surface area contributed by atoms with Crippen LogP contribution in [-0.2, 0) is 0 Å². The van der Waals surface area contributed by atoms with Crippen LogP contribution in [-0.4, -0.2) is 6.29 Å². The summed E-state index contributed by atoms with van der Waals surface area (Å²) in [4.78, 5) is 10.5. The van der Waals surface area contributed by atoms with E-state index in [2.05, 4.69) is 15.9 Å². The SMILES string of the molecule is Cc1ccc(N)c(C=O)c1Br. The van der Waals surface area contributed by atoms with Gasteiger partial charge in [0.15, 0.2) is 6.29 Å². The quantitative estimate of drug-likeness (QED) is 0.574. The molecular formula is C8H8BrNO. The van der Waals surface area contributed by atoms with Crippen LogP contribution in [0.25, 0.3) is 0 Å². The van der Waals surface area contributed by atoms with E-state index in [-0.39, 0.29) is 0 Å². The van der Waals surface area contributed by atoms with Gasteiger partial charge in [-0.1, -0.05) is 6.07 Å². The summed E-state index contributed by atoms with van der Waals surface area (Å²) in [6.45, 7) is 1.91. The molecule has 0 aromatic heterocycles. The van der Waals surface area contributed by atoms with Crippen molar-refractivity contribution in [2.24, 2.45) is 0 Å². The van der Waals surface area contributed by atoms with Crippen molar-refractivity contribution in [2.75, 3.05) is 5.73 Å². The van der Waals surface area contributed by atoms with Gasteiger partial charge < -0.3 is 5.73 Å². The number of aldehydes is 1. The molecule has 2 nitrogen and oxygen atoms in total. The Balaban J connectivity index is 3.40. The van der Waals surface area contributed by atoms with Gasteiger partial charge in [0.05, 0.1) is 5.56 Å². The van der Waals surface area contributed by atoms with E-state index in [4.69, 9.17) is 5.73 Å². The highest BCUT2D eigenvalue weighted by atomic mass is 79.9. The molecule has 1 aromatic rings. The van der Waals surface area contributed by atoms with Crippen molar-refractivity contribution in [2.45, 2.75) is 6.92 Å². The number of benzene rings is 1. The van der Waals surface area contributed by atoms with Gasteiger partial charge in [0.1, 0.15) is 0 Å². The zero-order chi connectivity index (χ0) is 8.43. The lowest BCUT2D eigenvalue weighted by Gasteiger charge is -2.03. The van der Waals surface area contributed by atoms with Gasteiger partial charge in [-0.15, -0.1) is 0 Å². The monoisotopic (exact) mass is 213 g/mol. The van der Waals surface area contributed by atoms with Gasteiger partial charge >= 0.3 is 0 Å². The van der Waals surface area contributed by atoms with Crippen molar-refractivity contribution in [3.05, 3.63) is 27.7 Å². The summed E-state index contributed by atoms with van der Waals surface area (Å²) >= 11 is 3.28. The molecule has 58 valence electrons. The molecule has 11 heavy (non-hydrogen) atoms. The van der Waals surface area contributed by atoms with Gasteiger partial charge in [-0.2, -0.15) is 0 Å². The van der Waals surface area contributed by atoms with Crippen LogP contribution in [0, 0.1) is 6.92 Å². The third kappa shape index (κ3) is 1.43. The molecular weight excluding hydrogens is 206 g/mol. The second-order valence-electron chi connectivity index (χ2n) is 2.32. The van der Waals surface area contributed by atoms with Crippen molar-refractivity contribution < 1.29 is 4.79 Å². The largest absolute Gasteiger partial charge is 0.398 e. The van der Waals surface area contributed by atoms with E-state index in [1.807, 2.05) is 13.0 Å². The summed E-state index contributed by atoms with van der Waals surface area (Å²) in [7, 11) is 0. The number of rotatable bonds is 1. The highest BCUT2D eigenvalue weighted by Gasteiger charge is 2.04. The minimum absolute atomic E-state index is 0.512. The molecule has 2 N–H and O–H groups in total. The average molecular weight is 214 g/mol. The molecule has 0 unspecified atom stereocenters. The maximum atomic E-state index is 10.5. The number of carbonyl (C=O) groups is 1. The maximum absolute atomic E-state index is 10.5. The number of anilines is 1.